The Balaban J connectivity index is 3.10. The SMILES string of the molecule is Cc1cc(C)c2oc(=O)[nH]c(=O)c2c1. The van der Waals surface area contributed by atoms with Gasteiger partial charge in [0.15, 0.2) is 0 Å². The van der Waals surface area contributed by atoms with Gasteiger partial charge in [0, 0.05) is 0 Å². The lowest BCUT2D eigenvalue weighted by Crippen LogP contribution is -2.18. The molecule has 0 saturated heterocycles. The Hall–Kier alpha value is -1.84. The Bertz CT molecular complexity index is 607. The molecule has 0 atom stereocenters. The minimum Gasteiger partial charge on any atom is -0.409 e. The topological polar surface area (TPSA) is 63.1 Å². The maximum absolute atomic E-state index is 11.4. The second-order valence-electron chi connectivity index (χ2n) is 3.30. The van der Waals surface area contributed by atoms with E-state index in [9.17, 15) is 9.59 Å². The number of aryl methyl sites for hydroxylation is 2. The van der Waals surface area contributed by atoms with Crippen molar-refractivity contribution < 1.29 is 4.42 Å². The molecule has 0 spiro atoms. The molecule has 72 valence electrons. The van der Waals surface area contributed by atoms with E-state index in [-0.39, 0.29) is 0 Å². The van der Waals surface area contributed by atoms with Crippen molar-refractivity contribution in [3.63, 3.8) is 0 Å². The van der Waals surface area contributed by atoms with Gasteiger partial charge in [-0.2, -0.15) is 0 Å². The van der Waals surface area contributed by atoms with Gasteiger partial charge in [-0.15, -0.1) is 0 Å². The summed E-state index contributed by atoms with van der Waals surface area (Å²) in [7, 11) is 0. The fraction of sp³-hybridized carbons (Fsp3) is 0.200. The summed E-state index contributed by atoms with van der Waals surface area (Å²) in [6.45, 7) is 3.69. The van der Waals surface area contributed by atoms with Gasteiger partial charge in [-0.25, -0.2) is 4.79 Å². The number of benzene rings is 1. The lowest BCUT2D eigenvalue weighted by atomic mass is 10.1. The summed E-state index contributed by atoms with van der Waals surface area (Å²) in [4.78, 5) is 24.4. The average molecular weight is 191 g/mol. The number of aromatic amines is 1. The Morgan fingerprint density at radius 2 is 1.93 bits per heavy atom. The highest BCUT2D eigenvalue weighted by Gasteiger charge is 2.05. The molecule has 2 rings (SSSR count). The number of H-pyrrole nitrogens is 1. The van der Waals surface area contributed by atoms with Gasteiger partial charge >= 0.3 is 5.76 Å². The Morgan fingerprint density at radius 1 is 1.21 bits per heavy atom. The van der Waals surface area contributed by atoms with Gasteiger partial charge in [0.25, 0.3) is 5.56 Å². The Morgan fingerprint density at radius 3 is 2.64 bits per heavy atom. The monoisotopic (exact) mass is 191 g/mol. The molecule has 0 unspecified atom stereocenters. The summed E-state index contributed by atoms with van der Waals surface area (Å²) in [5.41, 5.74) is 1.73. The molecule has 0 bridgehead atoms. The van der Waals surface area contributed by atoms with Crippen LogP contribution in [0.25, 0.3) is 11.0 Å². The number of aromatic nitrogens is 1. The Labute approximate surface area is 79.2 Å². The second kappa shape index (κ2) is 2.83. The number of hydrogen-bond acceptors (Lipinski definition) is 3. The van der Waals surface area contributed by atoms with Crippen molar-refractivity contribution in [1.29, 1.82) is 0 Å². The van der Waals surface area contributed by atoms with Crippen molar-refractivity contribution in [2.45, 2.75) is 13.8 Å². The molecule has 14 heavy (non-hydrogen) atoms. The molecule has 0 aliphatic heterocycles. The largest absolute Gasteiger partial charge is 0.419 e. The summed E-state index contributed by atoms with van der Waals surface area (Å²) < 4.78 is 4.92. The van der Waals surface area contributed by atoms with Gasteiger partial charge in [-0.1, -0.05) is 6.07 Å². The molecule has 1 aromatic carbocycles. The molecule has 1 N–H and O–H groups in total. The van der Waals surface area contributed by atoms with Gasteiger partial charge in [-0.3, -0.25) is 9.78 Å². The van der Waals surface area contributed by atoms with Crippen molar-refractivity contribution in [3.8, 4) is 0 Å². The molecule has 0 saturated carbocycles. The second-order valence-corrected chi connectivity index (χ2v) is 3.30. The van der Waals surface area contributed by atoms with E-state index in [2.05, 4.69) is 4.98 Å². The van der Waals surface area contributed by atoms with Crippen LogP contribution in [-0.2, 0) is 0 Å². The van der Waals surface area contributed by atoms with E-state index < -0.39 is 11.3 Å². The summed E-state index contributed by atoms with van der Waals surface area (Å²) in [6.07, 6.45) is 0. The number of hydrogen-bond donors (Lipinski definition) is 1. The lowest BCUT2D eigenvalue weighted by Gasteiger charge is -2.00. The maximum Gasteiger partial charge on any atom is 0.419 e. The van der Waals surface area contributed by atoms with E-state index >= 15 is 0 Å². The van der Waals surface area contributed by atoms with Gasteiger partial charge in [-0.05, 0) is 31.0 Å². The molecule has 0 fully saturated rings. The maximum atomic E-state index is 11.4. The van der Waals surface area contributed by atoms with Gasteiger partial charge in [0.05, 0.1) is 5.39 Å². The first kappa shape index (κ1) is 8.74. The van der Waals surface area contributed by atoms with E-state index in [0.717, 1.165) is 11.1 Å². The van der Waals surface area contributed by atoms with Crippen LogP contribution in [0.2, 0.25) is 0 Å². The Kier molecular flexibility index (Phi) is 1.77. The zero-order valence-corrected chi connectivity index (χ0v) is 7.88. The van der Waals surface area contributed by atoms with Crippen LogP contribution in [0.4, 0.5) is 0 Å². The summed E-state index contributed by atoms with van der Waals surface area (Å²) in [6, 6.07) is 3.56. The third-order valence-electron chi connectivity index (χ3n) is 2.07. The van der Waals surface area contributed by atoms with Gasteiger partial charge < -0.3 is 4.42 Å². The summed E-state index contributed by atoms with van der Waals surface area (Å²) in [5.74, 6) is -0.713. The quantitative estimate of drug-likeness (QED) is 0.678. The van der Waals surface area contributed by atoms with Crippen LogP contribution in [0.15, 0.2) is 26.1 Å². The molecule has 0 aliphatic rings. The normalized spacial score (nSPS) is 10.7. The van der Waals surface area contributed by atoms with E-state index in [4.69, 9.17) is 4.42 Å². The zero-order chi connectivity index (χ0) is 10.3. The highest BCUT2D eigenvalue weighted by molar-refractivity contribution is 5.79. The first-order valence-corrected chi connectivity index (χ1v) is 4.22. The predicted molar refractivity (Wildman–Crippen MR) is 52.6 cm³/mol. The highest BCUT2D eigenvalue weighted by Crippen LogP contribution is 2.15. The van der Waals surface area contributed by atoms with E-state index in [1.807, 2.05) is 13.0 Å². The number of rotatable bonds is 0. The molecule has 4 nitrogen and oxygen atoms in total. The smallest absolute Gasteiger partial charge is 0.409 e. The molecule has 2 aromatic rings. The third kappa shape index (κ3) is 1.25. The van der Waals surface area contributed by atoms with Crippen LogP contribution in [0.1, 0.15) is 11.1 Å². The zero-order valence-electron chi connectivity index (χ0n) is 7.88. The highest BCUT2D eigenvalue weighted by atomic mass is 16.4. The molecule has 0 amide bonds. The molecule has 0 aliphatic carbocycles. The number of nitrogens with one attached hydrogen (secondary N) is 1. The van der Waals surface area contributed by atoms with E-state index in [1.165, 1.54) is 0 Å². The number of fused-ring (bicyclic) bond motifs is 1. The standard InChI is InChI=1S/C10H9NO3/c1-5-3-6(2)8-7(4-5)9(12)11-10(13)14-8/h3-4H,1-2H3,(H,11,12,13). The summed E-state index contributed by atoms with van der Waals surface area (Å²) >= 11 is 0. The van der Waals surface area contributed by atoms with Gasteiger partial charge in [0.1, 0.15) is 5.58 Å². The first-order valence-electron chi connectivity index (χ1n) is 4.22. The molecular formula is C10H9NO3. The minimum absolute atomic E-state index is 0.365. The first-order chi connectivity index (χ1) is 6.58. The van der Waals surface area contributed by atoms with Crippen LogP contribution in [0.5, 0.6) is 0 Å². The fourth-order valence-corrected chi connectivity index (χ4v) is 1.54. The molecular weight excluding hydrogens is 182 g/mol. The third-order valence-corrected chi connectivity index (χ3v) is 2.07. The van der Waals surface area contributed by atoms with Crippen LogP contribution < -0.4 is 11.3 Å². The van der Waals surface area contributed by atoms with Crippen molar-refractivity contribution in [3.05, 3.63) is 44.2 Å². The lowest BCUT2D eigenvalue weighted by molar-refractivity contribution is 0.526. The molecule has 1 aromatic heterocycles. The van der Waals surface area contributed by atoms with Crippen molar-refractivity contribution in [2.24, 2.45) is 0 Å². The van der Waals surface area contributed by atoms with E-state index in [1.54, 1.807) is 13.0 Å². The van der Waals surface area contributed by atoms with Crippen molar-refractivity contribution in [1.82, 2.24) is 4.98 Å². The predicted octanol–water partition coefficient (Wildman–Crippen LogP) is 1.10. The van der Waals surface area contributed by atoms with E-state index in [0.29, 0.717) is 11.0 Å². The van der Waals surface area contributed by atoms with Crippen LogP contribution in [-0.4, -0.2) is 4.98 Å². The van der Waals surface area contributed by atoms with Crippen LogP contribution >= 0.6 is 0 Å². The molecule has 1 heterocycles. The molecule has 4 heteroatoms. The molecule has 0 radical (unpaired) electrons. The van der Waals surface area contributed by atoms with Gasteiger partial charge in [0.2, 0.25) is 0 Å². The summed E-state index contributed by atoms with van der Waals surface area (Å²) in [5, 5.41) is 0.419. The van der Waals surface area contributed by atoms with Crippen LogP contribution in [0.3, 0.4) is 0 Å². The minimum atomic E-state index is -0.713. The van der Waals surface area contributed by atoms with Crippen molar-refractivity contribution in [2.75, 3.05) is 0 Å². The fourth-order valence-electron chi connectivity index (χ4n) is 1.54. The average Bonchev–Trinajstić information content (AvgIpc) is 2.07. The van der Waals surface area contributed by atoms with Crippen molar-refractivity contribution >= 4 is 11.0 Å². The van der Waals surface area contributed by atoms with Crippen LogP contribution in [0, 0.1) is 13.8 Å².